The molecule has 3 aromatic carbocycles. The molecule has 0 unspecified atom stereocenters. The second kappa shape index (κ2) is 10.7. The van der Waals surface area contributed by atoms with Crippen molar-refractivity contribution in [3.63, 3.8) is 0 Å². The van der Waals surface area contributed by atoms with E-state index in [1.165, 1.54) is 12.5 Å². The number of aryl methyl sites for hydroxylation is 2. The van der Waals surface area contributed by atoms with E-state index in [0.717, 1.165) is 39.4 Å². The molecule has 1 aliphatic rings. The standard InChI is InChI=1S/C28H26N4O3/c1-19-9-14-25(20(2)15-19)26-16-27(32(18-29-26)30-21(3)28(33)31-34)23-10-12-24(13-11-23)35-17-22-7-5-4-6-8-22/h4-16H,17-18H2,1-3H3/b30-21+. The van der Waals surface area contributed by atoms with Gasteiger partial charge in [-0.3, -0.25) is 9.79 Å². The molecule has 0 aromatic heterocycles. The normalized spacial score (nSPS) is 13.7. The minimum atomic E-state index is -0.904. The first kappa shape index (κ1) is 23.8. The smallest absolute Gasteiger partial charge is 0.332 e. The van der Waals surface area contributed by atoms with Crippen molar-refractivity contribution >= 4 is 23.0 Å². The Kier molecular flexibility index (Phi) is 7.26. The summed E-state index contributed by atoms with van der Waals surface area (Å²) in [5.74, 6) is -0.165. The summed E-state index contributed by atoms with van der Waals surface area (Å²) in [6.45, 7) is 6.25. The van der Waals surface area contributed by atoms with Crippen molar-refractivity contribution in [1.29, 1.82) is 0 Å². The van der Waals surface area contributed by atoms with Gasteiger partial charge in [0.2, 0.25) is 0 Å². The minimum absolute atomic E-state index is 0.00104. The van der Waals surface area contributed by atoms with E-state index in [1.54, 1.807) is 5.01 Å². The SMILES string of the molecule is C/C(=N\N1CN=C(c2ccc(C)cc2C)C=C1c1ccc(OCc2ccccc2)cc1)C(=O)N=O. The first-order chi connectivity index (χ1) is 16.9. The fourth-order valence-electron chi connectivity index (χ4n) is 3.80. The molecule has 0 radical (unpaired) electrons. The molecule has 0 saturated heterocycles. The lowest BCUT2D eigenvalue weighted by Crippen LogP contribution is -2.25. The third-order valence-electron chi connectivity index (χ3n) is 5.65. The number of rotatable bonds is 7. The number of hydrazone groups is 1. The second-order valence-corrected chi connectivity index (χ2v) is 8.31. The molecule has 4 rings (SSSR count). The molecule has 0 saturated carbocycles. The first-order valence-electron chi connectivity index (χ1n) is 11.3. The summed E-state index contributed by atoms with van der Waals surface area (Å²) in [6.07, 6.45) is 1.94. The Morgan fingerprint density at radius 1 is 1.03 bits per heavy atom. The molecule has 176 valence electrons. The lowest BCUT2D eigenvalue weighted by molar-refractivity contribution is -0.112. The van der Waals surface area contributed by atoms with Crippen molar-refractivity contribution < 1.29 is 9.53 Å². The van der Waals surface area contributed by atoms with E-state index in [4.69, 9.17) is 4.74 Å². The fourth-order valence-corrected chi connectivity index (χ4v) is 3.80. The van der Waals surface area contributed by atoms with Gasteiger partial charge in [-0.1, -0.05) is 54.1 Å². The van der Waals surface area contributed by atoms with Crippen LogP contribution in [0.3, 0.4) is 0 Å². The van der Waals surface area contributed by atoms with Gasteiger partial charge in [0, 0.05) is 16.3 Å². The molecule has 1 amide bonds. The largest absolute Gasteiger partial charge is 0.489 e. The highest BCUT2D eigenvalue weighted by Crippen LogP contribution is 2.27. The molecule has 0 atom stereocenters. The van der Waals surface area contributed by atoms with Crippen molar-refractivity contribution in [3.05, 3.63) is 112 Å². The van der Waals surface area contributed by atoms with Gasteiger partial charge >= 0.3 is 5.91 Å². The number of allylic oxidation sites excluding steroid dienone is 1. The number of hydrogen-bond donors (Lipinski definition) is 0. The van der Waals surface area contributed by atoms with Crippen LogP contribution >= 0.6 is 0 Å². The molecular weight excluding hydrogens is 440 g/mol. The zero-order valence-corrected chi connectivity index (χ0v) is 19.9. The maximum Gasteiger partial charge on any atom is 0.332 e. The van der Waals surface area contributed by atoms with Crippen molar-refractivity contribution in [2.75, 3.05) is 6.67 Å². The molecule has 0 aliphatic carbocycles. The predicted molar refractivity (Wildman–Crippen MR) is 138 cm³/mol. The van der Waals surface area contributed by atoms with Gasteiger partial charge in [0.25, 0.3) is 0 Å². The highest BCUT2D eigenvalue weighted by molar-refractivity contribution is 6.38. The van der Waals surface area contributed by atoms with E-state index in [0.29, 0.717) is 6.61 Å². The monoisotopic (exact) mass is 466 g/mol. The van der Waals surface area contributed by atoms with E-state index < -0.39 is 5.91 Å². The first-order valence-corrected chi connectivity index (χ1v) is 11.3. The van der Waals surface area contributed by atoms with E-state index in [-0.39, 0.29) is 12.4 Å². The Morgan fingerprint density at radius 2 is 1.77 bits per heavy atom. The molecule has 1 aliphatic heterocycles. The quantitative estimate of drug-likeness (QED) is 0.332. The van der Waals surface area contributed by atoms with Crippen LogP contribution in [0.1, 0.15) is 34.7 Å². The van der Waals surface area contributed by atoms with E-state index in [9.17, 15) is 9.70 Å². The number of carbonyl (C=O) groups is 1. The molecule has 35 heavy (non-hydrogen) atoms. The number of carbonyl (C=O) groups excluding carboxylic acids is 1. The van der Waals surface area contributed by atoms with Crippen LogP contribution in [0.15, 0.2) is 94.1 Å². The van der Waals surface area contributed by atoms with Crippen LogP contribution in [0.4, 0.5) is 0 Å². The Morgan fingerprint density at radius 3 is 2.46 bits per heavy atom. The van der Waals surface area contributed by atoms with Gasteiger partial charge in [0.05, 0.1) is 11.4 Å². The van der Waals surface area contributed by atoms with E-state index in [2.05, 4.69) is 47.3 Å². The molecule has 0 N–H and O–H groups in total. The van der Waals surface area contributed by atoms with Crippen molar-refractivity contribution in [2.45, 2.75) is 27.4 Å². The van der Waals surface area contributed by atoms with Gasteiger partial charge in [0.15, 0.2) is 0 Å². The van der Waals surface area contributed by atoms with Crippen molar-refractivity contribution in [1.82, 2.24) is 5.01 Å². The van der Waals surface area contributed by atoms with Crippen LogP contribution in [0.5, 0.6) is 5.75 Å². The molecular formula is C28H26N4O3. The van der Waals surface area contributed by atoms with Crippen LogP contribution in [0.2, 0.25) is 0 Å². The highest BCUT2D eigenvalue weighted by atomic mass is 16.5. The molecule has 0 bridgehead atoms. The average molecular weight is 467 g/mol. The van der Waals surface area contributed by atoms with Gasteiger partial charge in [-0.15, -0.1) is 4.91 Å². The molecule has 3 aromatic rings. The number of nitroso groups, excluding NO2 is 1. The van der Waals surface area contributed by atoms with Gasteiger partial charge < -0.3 is 4.74 Å². The molecule has 7 heteroatoms. The number of benzene rings is 3. The van der Waals surface area contributed by atoms with Gasteiger partial charge in [-0.25, -0.2) is 5.01 Å². The predicted octanol–water partition coefficient (Wildman–Crippen LogP) is 5.65. The Hall–Kier alpha value is -4.39. The summed E-state index contributed by atoms with van der Waals surface area (Å²) < 4.78 is 5.91. The maximum absolute atomic E-state index is 11.7. The second-order valence-electron chi connectivity index (χ2n) is 8.31. The molecule has 1 heterocycles. The summed E-state index contributed by atoms with van der Waals surface area (Å²) in [5.41, 5.74) is 6.87. The maximum atomic E-state index is 11.7. The minimum Gasteiger partial charge on any atom is -0.489 e. The van der Waals surface area contributed by atoms with E-state index in [1.807, 2.05) is 60.7 Å². The lowest BCUT2D eigenvalue weighted by atomic mass is 9.99. The van der Waals surface area contributed by atoms with Gasteiger partial charge in [-0.05, 0) is 62.2 Å². The van der Waals surface area contributed by atoms with E-state index >= 15 is 0 Å². The number of aliphatic imine (C=N–C) groups is 1. The van der Waals surface area contributed by atoms with Crippen LogP contribution in [-0.2, 0) is 11.4 Å². The highest BCUT2D eigenvalue weighted by Gasteiger charge is 2.20. The average Bonchev–Trinajstić information content (AvgIpc) is 2.88. The molecule has 7 nitrogen and oxygen atoms in total. The molecule has 0 spiro atoms. The lowest BCUT2D eigenvalue weighted by Gasteiger charge is -2.26. The Balaban J connectivity index is 1.64. The zero-order chi connectivity index (χ0) is 24.8. The fraction of sp³-hybridized carbons (Fsp3) is 0.179. The van der Waals surface area contributed by atoms with Crippen LogP contribution in [0.25, 0.3) is 5.70 Å². The zero-order valence-electron chi connectivity index (χ0n) is 19.9. The van der Waals surface area contributed by atoms with Crippen molar-refractivity contribution in [3.8, 4) is 5.75 Å². The van der Waals surface area contributed by atoms with Crippen molar-refractivity contribution in [2.24, 2.45) is 15.3 Å². The topological polar surface area (TPSA) is 83.7 Å². The number of hydrogen-bond acceptors (Lipinski definition) is 6. The number of amides is 1. The van der Waals surface area contributed by atoms with Crippen LogP contribution in [0, 0.1) is 18.8 Å². The number of nitrogens with zero attached hydrogens (tertiary/aromatic N) is 4. The van der Waals surface area contributed by atoms with Crippen LogP contribution in [-0.4, -0.2) is 29.0 Å². The summed E-state index contributed by atoms with van der Waals surface area (Å²) in [6, 6.07) is 23.9. The Bertz CT molecular complexity index is 1330. The Labute approximate surface area is 204 Å². The summed E-state index contributed by atoms with van der Waals surface area (Å²) >= 11 is 0. The summed E-state index contributed by atoms with van der Waals surface area (Å²) in [7, 11) is 0. The third-order valence-corrected chi connectivity index (χ3v) is 5.65. The van der Waals surface area contributed by atoms with Crippen LogP contribution < -0.4 is 4.74 Å². The number of ether oxygens (including phenoxy) is 1. The summed E-state index contributed by atoms with van der Waals surface area (Å²) in [4.78, 5) is 27.1. The van der Waals surface area contributed by atoms with Gasteiger partial charge in [-0.2, -0.15) is 5.10 Å². The third kappa shape index (κ3) is 5.76. The van der Waals surface area contributed by atoms with Gasteiger partial charge in [0.1, 0.15) is 24.7 Å². The molecule has 0 fully saturated rings. The summed E-state index contributed by atoms with van der Waals surface area (Å²) in [5, 5.41) is 8.40.